The molecule has 10 heteroatoms. The van der Waals surface area contributed by atoms with Gasteiger partial charge in [-0.1, -0.05) is 17.8 Å². The molecule has 0 aliphatic heterocycles. The second-order valence-corrected chi connectivity index (χ2v) is 7.35. The molecular weight excluding hydrogens is 386 g/mol. The molecule has 1 aromatic carbocycles. The van der Waals surface area contributed by atoms with Crippen LogP contribution in [0.25, 0.3) is 0 Å². The molecule has 3 aromatic rings. The average Bonchev–Trinajstić information content (AvgIpc) is 3.30. The van der Waals surface area contributed by atoms with E-state index in [1.165, 1.54) is 23.1 Å². The van der Waals surface area contributed by atoms with Crippen LogP contribution in [-0.2, 0) is 11.8 Å². The summed E-state index contributed by atoms with van der Waals surface area (Å²) < 4.78 is 13.0. The van der Waals surface area contributed by atoms with Gasteiger partial charge in [0.05, 0.1) is 12.9 Å². The first-order valence-corrected chi connectivity index (χ1v) is 9.95. The topological polar surface area (TPSA) is 91.2 Å². The molecular formula is C17H19N5O3S2. The van der Waals surface area contributed by atoms with E-state index in [-0.39, 0.29) is 17.8 Å². The van der Waals surface area contributed by atoms with E-state index in [4.69, 9.17) is 9.47 Å². The maximum Gasteiger partial charge on any atom is 0.236 e. The van der Waals surface area contributed by atoms with Crippen molar-refractivity contribution in [2.75, 3.05) is 18.2 Å². The van der Waals surface area contributed by atoms with Crippen LogP contribution in [0.5, 0.6) is 11.5 Å². The average molecular weight is 406 g/mol. The Labute approximate surface area is 164 Å². The molecule has 142 valence electrons. The highest BCUT2D eigenvalue weighted by Crippen LogP contribution is 2.26. The van der Waals surface area contributed by atoms with Gasteiger partial charge in [0, 0.05) is 24.7 Å². The predicted molar refractivity (Wildman–Crippen MR) is 105 cm³/mol. The molecule has 1 unspecified atom stereocenters. The van der Waals surface area contributed by atoms with E-state index in [9.17, 15) is 4.79 Å². The number of rotatable bonds is 8. The minimum atomic E-state index is -0.312. The number of ether oxygens (including phenoxy) is 2. The summed E-state index contributed by atoms with van der Waals surface area (Å²) in [5, 5.41) is 14.1. The molecule has 1 atom stereocenters. The fourth-order valence-electron chi connectivity index (χ4n) is 2.31. The second kappa shape index (κ2) is 8.87. The largest absolute Gasteiger partial charge is 0.497 e. The van der Waals surface area contributed by atoms with Gasteiger partial charge >= 0.3 is 0 Å². The van der Waals surface area contributed by atoms with Crippen molar-refractivity contribution in [2.24, 2.45) is 7.05 Å². The quantitative estimate of drug-likeness (QED) is 0.576. The molecule has 0 aliphatic rings. The van der Waals surface area contributed by atoms with Crippen molar-refractivity contribution in [3.8, 4) is 11.5 Å². The Bertz CT molecular complexity index is 898. The van der Waals surface area contributed by atoms with Crippen LogP contribution < -0.4 is 14.8 Å². The van der Waals surface area contributed by atoms with Crippen LogP contribution in [0, 0.1) is 0 Å². The Hall–Kier alpha value is -2.59. The maximum absolute atomic E-state index is 12.0. The van der Waals surface area contributed by atoms with Gasteiger partial charge in [-0.3, -0.25) is 4.79 Å². The highest BCUT2D eigenvalue weighted by Gasteiger charge is 2.18. The van der Waals surface area contributed by atoms with Gasteiger partial charge in [-0.05, 0) is 19.1 Å². The van der Waals surface area contributed by atoms with E-state index in [2.05, 4.69) is 20.5 Å². The van der Waals surface area contributed by atoms with Crippen molar-refractivity contribution in [2.45, 2.75) is 18.2 Å². The zero-order valence-corrected chi connectivity index (χ0v) is 16.7. The van der Waals surface area contributed by atoms with Gasteiger partial charge in [-0.15, -0.1) is 21.5 Å². The van der Waals surface area contributed by atoms with E-state index in [0.29, 0.717) is 21.9 Å². The molecule has 8 nitrogen and oxygen atoms in total. The Morgan fingerprint density at radius 2 is 2.19 bits per heavy atom. The monoisotopic (exact) mass is 405 g/mol. The number of hydrogen-bond donors (Lipinski definition) is 1. The first-order valence-electron chi connectivity index (χ1n) is 8.09. The van der Waals surface area contributed by atoms with E-state index < -0.39 is 0 Å². The zero-order valence-electron chi connectivity index (χ0n) is 15.1. The lowest BCUT2D eigenvalue weighted by molar-refractivity contribution is -0.113. The minimum absolute atomic E-state index is 0.139. The van der Waals surface area contributed by atoms with Crippen LogP contribution in [0.3, 0.4) is 0 Å². The van der Waals surface area contributed by atoms with Crippen molar-refractivity contribution in [3.05, 3.63) is 41.7 Å². The summed E-state index contributed by atoms with van der Waals surface area (Å²) in [5.41, 5.74) is 0. The van der Waals surface area contributed by atoms with Gasteiger partial charge in [-0.2, -0.15) is 0 Å². The number of nitrogens with one attached hydrogen (secondary N) is 1. The summed E-state index contributed by atoms with van der Waals surface area (Å²) in [6.07, 6.45) is 1.33. The Morgan fingerprint density at radius 1 is 1.37 bits per heavy atom. The van der Waals surface area contributed by atoms with E-state index >= 15 is 0 Å². The summed E-state index contributed by atoms with van der Waals surface area (Å²) in [4.78, 5) is 16.0. The first-order chi connectivity index (χ1) is 13.1. The normalized spacial score (nSPS) is 11.8. The highest BCUT2D eigenvalue weighted by atomic mass is 32.2. The molecule has 2 heterocycles. The van der Waals surface area contributed by atoms with E-state index in [0.717, 1.165) is 5.75 Å². The first kappa shape index (κ1) is 19.2. The van der Waals surface area contributed by atoms with Crippen LogP contribution in [0.1, 0.15) is 18.9 Å². The van der Waals surface area contributed by atoms with Gasteiger partial charge in [-0.25, -0.2) is 4.98 Å². The molecule has 0 spiro atoms. The van der Waals surface area contributed by atoms with Crippen molar-refractivity contribution in [1.82, 2.24) is 19.7 Å². The van der Waals surface area contributed by atoms with Crippen LogP contribution in [0.4, 0.5) is 5.13 Å². The molecule has 0 saturated carbocycles. The number of benzene rings is 1. The Morgan fingerprint density at radius 3 is 2.93 bits per heavy atom. The molecule has 0 bridgehead atoms. The van der Waals surface area contributed by atoms with Gasteiger partial charge in [0.15, 0.2) is 22.2 Å². The summed E-state index contributed by atoms with van der Waals surface area (Å²) in [6, 6.07) is 7.38. The van der Waals surface area contributed by atoms with Crippen LogP contribution in [0.2, 0.25) is 0 Å². The molecule has 1 amide bonds. The molecule has 2 aromatic heterocycles. The number of carbonyl (C=O) groups excluding carboxylic acids is 1. The van der Waals surface area contributed by atoms with Gasteiger partial charge in [0.2, 0.25) is 5.91 Å². The summed E-state index contributed by atoms with van der Waals surface area (Å²) in [5.74, 6) is 2.15. The predicted octanol–water partition coefficient (Wildman–Crippen LogP) is 3.15. The van der Waals surface area contributed by atoms with Gasteiger partial charge < -0.3 is 19.4 Å². The fourth-order valence-corrected chi connectivity index (χ4v) is 3.57. The summed E-state index contributed by atoms with van der Waals surface area (Å²) >= 11 is 2.68. The lowest BCUT2D eigenvalue weighted by atomic mass is 10.3. The number of amides is 1. The summed E-state index contributed by atoms with van der Waals surface area (Å²) in [7, 11) is 3.46. The molecule has 27 heavy (non-hydrogen) atoms. The smallest absolute Gasteiger partial charge is 0.236 e. The number of anilines is 1. The maximum atomic E-state index is 12.0. The number of methoxy groups -OCH3 is 1. The Balaban J connectivity index is 1.59. The standard InChI is InChI=1S/C17H19N5O3S2/c1-11(25-13-6-4-5-12(9-13)24-3)15-20-21-17(22(15)2)27-10-14(23)19-16-18-7-8-26-16/h4-9,11H,10H2,1-3H3,(H,18,19,23). The third-order valence-corrected chi connectivity index (χ3v) is 5.31. The number of carbonyl (C=O) groups is 1. The number of hydrogen-bond acceptors (Lipinski definition) is 8. The highest BCUT2D eigenvalue weighted by molar-refractivity contribution is 7.99. The molecule has 0 aliphatic carbocycles. The second-order valence-electron chi connectivity index (χ2n) is 5.51. The number of nitrogens with zero attached hydrogens (tertiary/aromatic N) is 4. The molecule has 0 saturated heterocycles. The zero-order chi connectivity index (χ0) is 19.2. The molecule has 1 N–H and O–H groups in total. The third-order valence-electron chi connectivity index (χ3n) is 3.60. The fraction of sp³-hybridized carbons (Fsp3) is 0.294. The number of aromatic nitrogens is 4. The van der Waals surface area contributed by atoms with Crippen molar-refractivity contribution in [3.63, 3.8) is 0 Å². The lowest BCUT2D eigenvalue weighted by Gasteiger charge is -2.14. The van der Waals surface area contributed by atoms with E-state index in [1.54, 1.807) is 18.7 Å². The third kappa shape index (κ3) is 4.98. The van der Waals surface area contributed by atoms with Crippen LogP contribution in [0.15, 0.2) is 41.0 Å². The number of thiazole rings is 1. The minimum Gasteiger partial charge on any atom is -0.497 e. The van der Waals surface area contributed by atoms with Crippen LogP contribution in [-0.4, -0.2) is 38.5 Å². The van der Waals surface area contributed by atoms with Crippen molar-refractivity contribution < 1.29 is 14.3 Å². The Kier molecular flexibility index (Phi) is 6.30. The molecule has 0 radical (unpaired) electrons. The summed E-state index contributed by atoms with van der Waals surface area (Å²) in [6.45, 7) is 1.90. The van der Waals surface area contributed by atoms with Crippen molar-refractivity contribution in [1.29, 1.82) is 0 Å². The SMILES string of the molecule is COc1cccc(OC(C)c2nnc(SCC(=O)Nc3nccs3)n2C)c1. The van der Waals surface area contributed by atoms with Crippen molar-refractivity contribution >= 4 is 34.1 Å². The van der Waals surface area contributed by atoms with Crippen LogP contribution >= 0.6 is 23.1 Å². The molecule has 3 rings (SSSR count). The molecule has 0 fully saturated rings. The van der Waals surface area contributed by atoms with E-state index in [1.807, 2.05) is 42.8 Å². The number of thioether (sulfide) groups is 1. The van der Waals surface area contributed by atoms with Gasteiger partial charge in [0.1, 0.15) is 11.5 Å². The van der Waals surface area contributed by atoms with Gasteiger partial charge in [0.25, 0.3) is 0 Å². The lowest BCUT2D eigenvalue weighted by Crippen LogP contribution is -2.14.